The van der Waals surface area contributed by atoms with Gasteiger partial charge in [0.05, 0.1) is 18.4 Å². The van der Waals surface area contributed by atoms with Crippen LogP contribution in [-0.4, -0.2) is 35.7 Å². The summed E-state index contributed by atoms with van der Waals surface area (Å²) in [6.07, 6.45) is 3.57. The summed E-state index contributed by atoms with van der Waals surface area (Å²) in [4.78, 5) is 2.36. The maximum atomic E-state index is 9.58. The summed E-state index contributed by atoms with van der Waals surface area (Å²) in [6.45, 7) is 4.43. The quantitative estimate of drug-likeness (QED) is 0.831. The monoisotopic (exact) mass is 238 g/mol. The van der Waals surface area contributed by atoms with Crippen LogP contribution in [0.2, 0.25) is 0 Å². The van der Waals surface area contributed by atoms with Crippen LogP contribution >= 0.6 is 0 Å². The minimum absolute atomic E-state index is 0.181. The molecular formula is C13H22N2O2. The smallest absolute Gasteiger partial charge is 0.122 e. The Morgan fingerprint density at radius 3 is 2.71 bits per heavy atom. The van der Waals surface area contributed by atoms with Gasteiger partial charge in [-0.1, -0.05) is 0 Å². The summed E-state index contributed by atoms with van der Waals surface area (Å²) in [7, 11) is 0. The van der Waals surface area contributed by atoms with Crippen LogP contribution in [0.25, 0.3) is 0 Å². The summed E-state index contributed by atoms with van der Waals surface area (Å²) in [6, 6.07) is 4.07. The van der Waals surface area contributed by atoms with Crippen LogP contribution in [0.4, 0.5) is 0 Å². The topological polar surface area (TPSA) is 62.6 Å². The third kappa shape index (κ3) is 2.89. The molecule has 1 aliphatic heterocycles. The van der Waals surface area contributed by atoms with E-state index in [9.17, 15) is 5.11 Å². The third-order valence-corrected chi connectivity index (χ3v) is 3.79. The molecule has 1 saturated heterocycles. The van der Waals surface area contributed by atoms with Crippen LogP contribution in [0.1, 0.15) is 31.6 Å². The SMILES string of the molecule is CC(O)C1CCN(C(CN)c2ccco2)CC1. The maximum Gasteiger partial charge on any atom is 0.122 e. The lowest BCUT2D eigenvalue weighted by molar-refractivity contribution is 0.0528. The molecule has 0 amide bonds. The van der Waals surface area contributed by atoms with Crippen LogP contribution in [0.15, 0.2) is 22.8 Å². The van der Waals surface area contributed by atoms with E-state index in [0.717, 1.165) is 31.7 Å². The van der Waals surface area contributed by atoms with Gasteiger partial charge in [-0.2, -0.15) is 0 Å². The molecule has 2 atom stereocenters. The van der Waals surface area contributed by atoms with Crippen LogP contribution in [0.3, 0.4) is 0 Å². The van der Waals surface area contributed by atoms with Gasteiger partial charge in [-0.3, -0.25) is 4.90 Å². The molecule has 2 heterocycles. The van der Waals surface area contributed by atoms with Crippen molar-refractivity contribution in [2.75, 3.05) is 19.6 Å². The minimum Gasteiger partial charge on any atom is -0.468 e. The van der Waals surface area contributed by atoms with Gasteiger partial charge in [0.1, 0.15) is 5.76 Å². The first-order chi connectivity index (χ1) is 8.22. The average molecular weight is 238 g/mol. The largest absolute Gasteiger partial charge is 0.468 e. The highest BCUT2D eigenvalue weighted by Gasteiger charge is 2.28. The number of hydrogen-bond acceptors (Lipinski definition) is 4. The summed E-state index contributed by atoms with van der Waals surface area (Å²) in [5, 5.41) is 9.58. The fourth-order valence-corrected chi connectivity index (χ4v) is 2.64. The van der Waals surface area contributed by atoms with E-state index in [0.29, 0.717) is 12.5 Å². The van der Waals surface area contributed by atoms with Crippen molar-refractivity contribution in [3.05, 3.63) is 24.2 Å². The number of furan rings is 1. The zero-order chi connectivity index (χ0) is 12.3. The molecule has 4 heteroatoms. The van der Waals surface area contributed by atoms with Gasteiger partial charge in [-0.05, 0) is 50.9 Å². The van der Waals surface area contributed by atoms with E-state index in [1.165, 1.54) is 0 Å². The zero-order valence-corrected chi connectivity index (χ0v) is 10.4. The van der Waals surface area contributed by atoms with Crippen LogP contribution in [0, 0.1) is 5.92 Å². The number of nitrogens with zero attached hydrogens (tertiary/aromatic N) is 1. The normalized spacial score (nSPS) is 22.5. The van der Waals surface area contributed by atoms with Gasteiger partial charge in [-0.25, -0.2) is 0 Å². The molecule has 0 aromatic carbocycles. The molecule has 3 N–H and O–H groups in total. The fourth-order valence-electron chi connectivity index (χ4n) is 2.64. The molecule has 4 nitrogen and oxygen atoms in total. The minimum atomic E-state index is -0.197. The van der Waals surface area contributed by atoms with Crippen LogP contribution in [-0.2, 0) is 0 Å². The number of hydrogen-bond donors (Lipinski definition) is 2. The van der Waals surface area contributed by atoms with Crippen molar-refractivity contribution in [1.82, 2.24) is 4.90 Å². The lowest BCUT2D eigenvalue weighted by Crippen LogP contribution is -2.41. The number of aliphatic hydroxyl groups is 1. The Bertz CT molecular complexity index is 316. The highest BCUT2D eigenvalue weighted by molar-refractivity contribution is 5.05. The van der Waals surface area contributed by atoms with Gasteiger partial charge in [0.2, 0.25) is 0 Å². The van der Waals surface area contributed by atoms with Crippen LogP contribution in [0.5, 0.6) is 0 Å². The predicted octanol–water partition coefficient (Wildman–Crippen LogP) is 1.37. The van der Waals surface area contributed by atoms with E-state index < -0.39 is 0 Å². The highest BCUT2D eigenvalue weighted by atomic mass is 16.3. The summed E-state index contributed by atoms with van der Waals surface area (Å²) >= 11 is 0. The molecular weight excluding hydrogens is 216 g/mol. The standard InChI is InChI=1S/C13H22N2O2/c1-10(16)11-4-6-15(7-5-11)12(9-14)13-3-2-8-17-13/h2-3,8,10-12,16H,4-7,9,14H2,1H3. The van der Waals surface area contributed by atoms with Crippen molar-refractivity contribution >= 4 is 0 Å². The lowest BCUT2D eigenvalue weighted by atomic mass is 9.91. The van der Waals surface area contributed by atoms with E-state index >= 15 is 0 Å². The first kappa shape index (κ1) is 12.6. The molecule has 0 bridgehead atoms. The maximum absolute atomic E-state index is 9.58. The van der Waals surface area contributed by atoms with E-state index in [2.05, 4.69) is 4.90 Å². The second-order valence-electron chi connectivity index (χ2n) is 4.88. The molecule has 1 aliphatic rings. The number of rotatable bonds is 4. The second kappa shape index (κ2) is 5.67. The zero-order valence-electron chi connectivity index (χ0n) is 10.4. The number of likely N-dealkylation sites (tertiary alicyclic amines) is 1. The molecule has 0 spiro atoms. The molecule has 0 saturated carbocycles. The van der Waals surface area contributed by atoms with Gasteiger partial charge in [0, 0.05) is 6.54 Å². The molecule has 1 fully saturated rings. The van der Waals surface area contributed by atoms with Crippen LogP contribution < -0.4 is 5.73 Å². The predicted molar refractivity (Wildman–Crippen MR) is 66.5 cm³/mol. The van der Waals surface area contributed by atoms with Gasteiger partial charge in [0.15, 0.2) is 0 Å². The summed E-state index contributed by atoms with van der Waals surface area (Å²) < 4.78 is 5.44. The second-order valence-corrected chi connectivity index (χ2v) is 4.88. The van der Waals surface area contributed by atoms with Gasteiger partial charge in [0.25, 0.3) is 0 Å². The molecule has 0 radical (unpaired) electrons. The first-order valence-electron chi connectivity index (χ1n) is 6.38. The Labute approximate surface area is 102 Å². The van der Waals surface area contributed by atoms with Gasteiger partial charge < -0.3 is 15.3 Å². The Hall–Kier alpha value is -0.840. The number of nitrogens with two attached hydrogens (primary N) is 1. The van der Waals surface area contributed by atoms with E-state index in [1.807, 2.05) is 19.1 Å². The Kier molecular flexibility index (Phi) is 4.20. The molecule has 1 aromatic heterocycles. The van der Waals surface area contributed by atoms with Gasteiger partial charge >= 0.3 is 0 Å². The van der Waals surface area contributed by atoms with Crippen molar-refractivity contribution in [1.29, 1.82) is 0 Å². The number of piperidine rings is 1. The van der Waals surface area contributed by atoms with E-state index in [1.54, 1.807) is 6.26 Å². The molecule has 17 heavy (non-hydrogen) atoms. The lowest BCUT2D eigenvalue weighted by Gasteiger charge is -2.37. The molecule has 96 valence electrons. The fraction of sp³-hybridized carbons (Fsp3) is 0.692. The molecule has 0 aliphatic carbocycles. The summed E-state index contributed by atoms with van der Waals surface area (Å²) in [5.41, 5.74) is 5.84. The molecule has 2 unspecified atom stereocenters. The van der Waals surface area contributed by atoms with E-state index in [-0.39, 0.29) is 12.1 Å². The van der Waals surface area contributed by atoms with Crippen molar-refractivity contribution < 1.29 is 9.52 Å². The van der Waals surface area contributed by atoms with Crippen molar-refractivity contribution in [3.8, 4) is 0 Å². The highest BCUT2D eigenvalue weighted by Crippen LogP contribution is 2.27. The Morgan fingerprint density at radius 1 is 1.53 bits per heavy atom. The van der Waals surface area contributed by atoms with Crippen molar-refractivity contribution in [2.24, 2.45) is 11.7 Å². The average Bonchev–Trinajstić information content (AvgIpc) is 2.84. The van der Waals surface area contributed by atoms with Crippen molar-refractivity contribution in [2.45, 2.75) is 31.9 Å². The Balaban J connectivity index is 1.95. The third-order valence-electron chi connectivity index (χ3n) is 3.79. The Morgan fingerprint density at radius 2 is 2.24 bits per heavy atom. The molecule has 2 rings (SSSR count). The molecule has 1 aromatic rings. The van der Waals surface area contributed by atoms with Gasteiger partial charge in [-0.15, -0.1) is 0 Å². The number of aliphatic hydroxyl groups excluding tert-OH is 1. The first-order valence-corrected chi connectivity index (χ1v) is 6.38. The van der Waals surface area contributed by atoms with Crippen molar-refractivity contribution in [3.63, 3.8) is 0 Å². The summed E-state index contributed by atoms with van der Waals surface area (Å²) in [5.74, 6) is 1.38. The van der Waals surface area contributed by atoms with E-state index in [4.69, 9.17) is 10.2 Å².